The van der Waals surface area contributed by atoms with Crippen molar-refractivity contribution in [2.45, 2.75) is 233 Å². The number of hydrogen-bond donors (Lipinski definition) is 20. The van der Waals surface area contributed by atoms with Gasteiger partial charge < -0.3 is 126 Å². The number of carboxylic acids is 1. The van der Waals surface area contributed by atoms with Crippen molar-refractivity contribution < 1.29 is 96.5 Å². The first-order valence-corrected chi connectivity index (χ1v) is 47.4. The van der Waals surface area contributed by atoms with Crippen LogP contribution >= 0.6 is 11.8 Å². The predicted molar refractivity (Wildman–Crippen MR) is 504 cm³/mol. The van der Waals surface area contributed by atoms with Crippen LogP contribution in [0.15, 0.2) is 97.7 Å². The molecule has 7 aromatic rings. The highest BCUT2D eigenvalue weighted by Gasteiger charge is 2.48. The van der Waals surface area contributed by atoms with Crippen LogP contribution < -0.4 is 76.1 Å². The van der Waals surface area contributed by atoms with Crippen LogP contribution in [0.4, 0.5) is 0 Å². The first-order chi connectivity index (χ1) is 66.5. The average molecular weight is 1950 g/mol. The number of fused-ring (bicyclic) bond motifs is 4. The number of thioether (sulfide) groups is 1. The lowest BCUT2D eigenvalue weighted by Gasteiger charge is -2.36. The molecular formula is C91H125N27O20S. The molecular weight excluding hydrogens is 1820 g/mol. The summed E-state index contributed by atoms with van der Waals surface area (Å²) in [7, 11) is 3.96. The number of aliphatic carboxylic acids is 1. The number of amides is 17. The van der Waals surface area contributed by atoms with Crippen molar-refractivity contribution in [3.8, 4) is 5.75 Å². The van der Waals surface area contributed by atoms with Crippen LogP contribution in [0.3, 0.4) is 0 Å². The Morgan fingerprint density at radius 2 is 1.07 bits per heavy atom. The van der Waals surface area contributed by atoms with E-state index in [-0.39, 0.29) is 113 Å². The summed E-state index contributed by atoms with van der Waals surface area (Å²) < 4.78 is 0. The number of carboxylic acid groups (broad SMARTS) is 1. The van der Waals surface area contributed by atoms with Gasteiger partial charge in [-0.3, -0.25) is 86.3 Å². The number of nitrogens with zero attached hydrogens (tertiary/aromatic N) is 9. The third-order valence-electron chi connectivity index (χ3n) is 24.9. The number of nitrogens with two attached hydrogens (primary N) is 4. The number of aromatic amines is 4. The van der Waals surface area contributed by atoms with Crippen molar-refractivity contribution in [3.05, 3.63) is 126 Å². The number of nitrogens with one attached hydrogen (secondary N) is 14. The number of hydrogen-bond acceptors (Lipinski definition) is 26. The Labute approximate surface area is 804 Å². The minimum atomic E-state index is -1.83. The number of unbranched alkanes of at least 4 members (excludes halogenated alkanes) is 2. The van der Waals surface area contributed by atoms with Gasteiger partial charge >= 0.3 is 5.97 Å². The number of tetrazole rings is 1. The van der Waals surface area contributed by atoms with Gasteiger partial charge in [-0.05, 0) is 112 Å². The fourth-order valence-corrected chi connectivity index (χ4v) is 18.1. The summed E-state index contributed by atoms with van der Waals surface area (Å²) in [6, 6.07) is -1.83. The van der Waals surface area contributed by atoms with Gasteiger partial charge in [0.25, 0.3) is 0 Å². The molecule has 0 bridgehead atoms. The maximum Gasteiger partial charge on any atom is 0.303 e. The molecule has 3 aliphatic heterocycles. The van der Waals surface area contributed by atoms with E-state index < -0.39 is 241 Å². The zero-order chi connectivity index (χ0) is 101. The fraction of sp³-hybridized carbons (Fsp3) is 0.516. The molecule has 3 saturated heterocycles. The Morgan fingerprint density at radius 1 is 0.532 bits per heavy atom. The number of aromatic nitrogens is 8. The van der Waals surface area contributed by atoms with E-state index in [1.165, 1.54) is 74.7 Å². The Bertz CT molecular complexity index is 5510. The number of para-hydroxylation sites is 2. The molecule has 0 radical (unpaired) electrons. The topological polar surface area (TPSA) is 703 Å². The molecule has 0 saturated carbocycles. The van der Waals surface area contributed by atoms with Crippen LogP contribution in [-0.4, -0.2) is 332 Å². The van der Waals surface area contributed by atoms with Crippen molar-refractivity contribution in [1.29, 1.82) is 0 Å². The van der Waals surface area contributed by atoms with Gasteiger partial charge in [0.1, 0.15) is 84.3 Å². The quantitative estimate of drug-likeness (QED) is 0.0228. The minimum absolute atomic E-state index is 0.0159. The first-order valence-electron chi connectivity index (χ1n) is 46.2. The van der Waals surface area contributed by atoms with E-state index >= 15 is 38.4 Å². The van der Waals surface area contributed by atoms with E-state index in [1.807, 2.05) is 13.8 Å². The highest BCUT2D eigenvalue weighted by molar-refractivity contribution is 8.00. The van der Waals surface area contributed by atoms with Crippen molar-refractivity contribution in [3.63, 3.8) is 0 Å². The highest BCUT2D eigenvalue weighted by atomic mass is 32.2. The molecule has 17 amide bonds. The molecule has 10 rings (SSSR count). The molecule has 3 fully saturated rings. The van der Waals surface area contributed by atoms with Crippen molar-refractivity contribution in [2.24, 2.45) is 22.9 Å². The molecule has 0 aliphatic carbocycles. The summed E-state index contributed by atoms with van der Waals surface area (Å²) in [6.45, 7) is 3.35. The summed E-state index contributed by atoms with van der Waals surface area (Å²) in [4.78, 5) is 283. The second kappa shape index (κ2) is 51.1. The number of imidazole rings is 1. The lowest BCUT2D eigenvalue weighted by molar-refractivity contribution is -0.149. The summed E-state index contributed by atoms with van der Waals surface area (Å²) in [5.41, 5.74) is 26.4. The first kappa shape index (κ1) is 107. The van der Waals surface area contributed by atoms with E-state index in [4.69, 9.17) is 22.9 Å². The molecule has 7 heterocycles. The number of H-pyrrole nitrogens is 4. The van der Waals surface area contributed by atoms with Gasteiger partial charge in [-0.2, -0.15) is 5.21 Å². The van der Waals surface area contributed by atoms with E-state index in [0.29, 0.717) is 64.2 Å². The molecule has 24 N–H and O–H groups in total. The maximum absolute atomic E-state index is 15.9. The number of aromatic hydroxyl groups is 1. The predicted octanol–water partition coefficient (Wildman–Crippen LogP) is -3.34. The third kappa shape index (κ3) is 29.3. The summed E-state index contributed by atoms with van der Waals surface area (Å²) in [5, 5.41) is 62.9. The Hall–Kier alpha value is -14.5. The molecule has 0 spiro atoms. The van der Waals surface area contributed by atoms with Crippen molar-refractivity contribution in [1.82, 2.24) is 118 Å². The van der Waals surface area contributed by atoms with E-state index in [1.54, 1.807) is 60.9 Å². The lowest BCUT2D eigenvalue weighted by atomic mass is 9.99. The average Bonchev–Trinajstić information content (AvgIpc) is 1.65. The number of rotatable bonds is 28. The van der Waals surface area contributed by atoms with Crippen LogP contribution in [0, 0.1) is 0 Å². The minimum Gasteiger partial charge on any atom is -0.508 e. The number of benzene rings is 3. The van der Waals surface area contributed by atoms with E-state index in [2.05, 4.69) is 93.7 Å². The second-order valence-corrected chi connectivity index (χ2v) is 36.0. The molecule has 15 atom stereocenters. The number of likely N-dealkylation sites (N-methyl/N-ethyl adjacent to an activating group) is 3. The van der Waals surface area contributed by atoms with Crippen molar-refractivity contribution in [2.75, 3.05) is 65.4 Å². The number of carbonyl (C=O) groups excluding carboxylic acids is 17. The Kier molecular flexibility index (Phi) is 39.2. The van der Waals surface area contributed by atoms with Crippen LogP contribution in [0.5, 0.6) is 5.75 Å². The van der Waals surface area contributed by atoms with Crippen LogP contribution in [-0.2, 0) is 112 Å². The molecule has 0 unspecified atom stereocenters. The fourth-order valence-electron chi connectivity index (χ4n) is 17.3. The van der Waals surface area contributed by atoms with Gasteiger partial charge in [0, 0.05) is 131 Å². The van der Waals surface area contributed by atoms with Crippen LogP contribution in [0.1, 0.15) is 151 Å². The zero-order valence-electron chi connectivity index (χ0n) is 78.3. The number of phenols is 1. The molecule has 139 heavy (non-hydrogen) atoms. The van der Waals surface area contributed by atoms with Gasteiger partial charge in [-0.25, -0.2) is 4.98 Å². The van der Waals surface area contributed by atoms with E-state index in [9.17, 15) is 58.2 Å². The monoisotopic (exact) mass is 1950 g/mol. The molecule has 750 valence electrons. The second-order valence-electron chi connectivity index (χ2n) is 35.0. The van der Waals surface area contributed by atoms with Crippen LogP contribution in [0.25, 0.3) is 21.8 Å². The standard InChI is InChI=1S/C91H125N27O20S/c1-7-9-20-69-84(131)104-61(29-31-92)80(127)101-55(39-75(122)99-44-74(95)121)46-139-47-76(123)102-66(34-50-23-25-56(119)26-24-50)87(134)114(4)49(3)79(126)108-68(40-73(94)120)90(137)117-33-15-22-70(117)85(132)107-65(38-54-43-96-48-100-54)83(130)105-63(27-28-77(124)125)89(136)118-45-53(78-110-112-113-111-78)37-72(118)86(133)106-64(35-51-41-97-59-18-13-11-16-57(51)59)82(129)103-62(30-32-93)81(128)109-67(36-52-42-98-60-19-14-12-17-58(52)60)88(135)116(6)71(21-10-8-2)91(138)115(69)5/h11-14,16-19,23-26,41-43,48-49,53,55,61-72,97-98,119H,7-10,15,20-22,27-40,44-47,92-93H2,1-6H3,(H2,94,120)(H2,95,121)(H,96,100)(H,99,122)(H,101,127)(H,102,123)(H,103,129)(H,104,131)(H,105,130)(H,106,133)(H,107,132)(H,108,126)(H,109,128)(H,124,125)(H,110,111,112,113)/t49-,53+,55+,61-,62-,63-,64-,65-,66-,67-,68-,69-,70-,71-,72-/m0/s1. The Balaban J connectivity index is 1.03. The smallest absolute Gasteiger partial charge is 0.303 e. The number of primary amides is 2. The summed E-state index contributed by atoms with van der Waals surface area (Å²) in [6.07, 6.45) is 2.93. The Morgan fingerprint density at radius 3 is 1.66 bits per heavy atom. The van der Waals surface area contributed by atoms with Gasteiger partial charge in [-0.1, -0.05) is 93.3 Å². The summed E-state index contributed by atoms with van der Waals surface area (Å²) in [5.74, 6) is -19.0. The summed E-state index contributed by atoms with van der Waals surface area (Å²) >= 11 is 0.872. The number of phenolic OH excluding ortho intramolecular Hbond substituents is 1. The van der Waals surface area contributed by atoms with Crippen molar-refractivity contribution >= 4 is 140 Å². The SMILES string of the molecule is CCCC[C@H]1C(=O)N(C)[C@@H](CCCC)C(=O)N[C@@H](CCN)C(=O)N[C@H](CC(=O)NCC(N)=O)CSCC(=O)N[C@@H](Cc2ccc(O)cc2)C(=O)N(C)[C@@H](C)C(=O)N[C@@H](CC(N)=O)C(=O)N2CCC[C@H]2C(=O)N[C@@H](Cc2c[nH]cn2)C(=O)N[C@@H](CCC(=O)O)C(=O)N2C[C@H](c3nn[nH]n3)C[C@H]2C(=O)N[C@@H](Cc2c[nH]c3ccccc23)C(=O)N[C@@H](CCN)C(=O)N[C@@H](Cc2c[nH]c3ccccc23)C(=O)N1C. The van der Waals surface area contributed by atoms with Gasteiger partial charge in [0.15, 0.2) is 5.82 Å². The molecule has 4 aromatic heterocycles. The van der Waals surface area contributed by atoms with E-state index in [0.717, 1.165) is 26.5 Å². The normalized spacial score (nSPS) is 24.4. The molecule has 3 aromatic carbocycles. The van der Waals surface area contributed by atoms with Gasteiger partial charge in [-0.15, -0.1) is 22.0 Å². The third-order valence-corrected chi connectivity index (χ3v) is 26.0. The lowest BCUT2D eigenvalue weighted by Crippen LogP contribution is -2.61. The number of carbonyl (C=O) groups is 18. The molecule has 48 heteroatoms. The maximum atomic E-state index is 15.9. The van der Waals surface area contributed by atoms with Gasteiger partial charge in [0.05, 0.1) is 30.7 Å². The van der Waals surface area contributed by atoms with Crippen LogP contribution in [0.2, 0.25) is 0 Å². The molecule has 47 nitrogen and oxygen atoms in total. The zero-order valence-corrected chi connectivity index (χ0v) is 79.1. The molecule has 3 aliphatic rings. The largest absolute Gasteiger partial charge is 0.508 e. The highest BCUT2D eigenvalue weighted by Crippen LogP contribution is 2.33. The van der Waals surface area contributed by atoms with Gasteiger partial charge in [0.2, 0.25) is 100 Å².